The fourth-order valence-electron chi connectivity index (χ4n) is 0.950. The van der Waals surface area contributed by atoms with Gasteiger partial charge in [0.2, 0.25) is 0 Å². The van der Waals surface area contributed by atoms with Crippen LogP contribution in [0.4, 0.5) is 0 Å². The number of carbonyl (C=O) groups is 1. The van der Waals surface area contributed by atoms with Gasteiger partial charge in [0.05, 0.1) is 20.1 Å². The summed E-state index contributed by atoms with van der Waals surface area (Å²) < 4.78 is 5.85. The van der Waals surface area contributed by atoms with E-state index in [1.54, 1.807) is 0 Å². The molecule has 0 aromatic heterocycles. The van der Waals surface area contributed by atoms with Crippen LogP contribution in [0.3, 0.4) is 0 Å². The molecule has 3 nitrogen and oxygen atoms in total. The number of rotatable bonds is 5. The predicted octanol–water partition coefficient (Wildman–Crippen LogP) is -1.96. The number of likely N-dealkylation sites (N-methyl/N-ethyl adjacent to an activating group) is 1. The Morgan fingerprint density at radius 1 is 1.31 bits per heavy atom. The second kappa shape index (κ2) is 7.55. The molecular formula is C9H20INO2. The molecule has 4 heteroatoms. The minimum Gasteiger partial charge on any atom is -1.00 e. The molecule has 80 valence electrons. The Morgan fingerprint density at radius 3 is 2.08 bits per heavy atom. The molecule has 13 heavy (non-hydrogen) atoms. The predicted molar refractivity (Wildman–Crippen MR) is 48.8 cm³/mol. The van der Waals surface area contributed by atoms with Crippen molar-refractivity contribution >= 4 is 5.97 Å². The van der Waals surface area contributed by atoms with E-state index in [-0.39, 0.29) is 29.9 Å². The summed E-state index contributed by atoms with van der Waals surface area (Å²) in [6.07, 6.45) is 0. The summed E-state index contributed by atoms with van der Waals surface area (Å²) in [5.41, 5.74) is 0. The van der Waals surface area contributed by atoms with Gasteiger partial charge < -0.3 is 33.2 Å². The third-order valence-electron chi connectivity index (χ3n) is 2.46. The van der Waals surface area contributed by atoms with Crippen LogP contribution < -0.4 is 24.0 Å². The van der Waals surface area contributed by atoms with E-state index in [1.165, 1.54) is 6.92 Å². The molecule has 0 aromatic carbocycles. The Morgan fingerprint density at radius 2 is 1.77 bits per heavy atom. The average molecular weight is 301 g/mol. The van der Waals surface area contributed by atoms with E-state index in [0.717, 1.165) is 24.1 Å². The molecule has 0 aliphatic carbocycles. The van der Waals surface area contributed by atoms with Gasteiger partial charge in [-0.2, -0.15) is 0 Å². The maximum absolute atomic E-state index is 10.5. The normalized spacial score (nSPS) is 10.5. The summed E-state index contributed by atoms with van der Waals surface area (Å²) in [5.74, 6) is -0.186. The minimum absolute atomic E-state index is 0. The van der Waals surface area contributed by atoms with Crippen LogP contribution in [0.25, 0.3) is 0 Å². The zero-order valence-corrected chi connectivity index (χ0v) is 11.1. The summed E-state index contributed by atoms with van der Waals surface area (Å²) in [6, 6.07) is 0. The van der Waals surface area contributed by atoms with Gasteiger partial charge in [-0.3, -0.25) is 4.79 Å². The van der Waals surface area contributed by atoms with E-state index in [4.69, 9.17) is 4.74 Å². The molecule has 0 saturated heterocycles. The lowest BCUT2D eigenvalue weighted by molar-refractivity contribution is -0.906. The molecule has 0 aliphatic rings. The number of quaternary nitrogens is 1. The number of halogens is 1. The maximum Gasteiger partial charge on any atom is 0.302 e. The van der Waals surface area contributed by atoms with Crippen LogP contribution in [0.1, 0.15) is 20.8 Å². The average Bonchev–Trinajstić information content (AvgIpc) is 2.03. The van der Waals surface area contributed by atoms with Gasteiger partial charge in [0.25, 0.3) is 0 Å². The van der Waals surface area contributed by atoms with Gasteiger partial charge in [0.15, 0.2) is 0 Å². The smallest absolute Gasteiger partial charge is 0.302 e. The molecule has 0 fully saturated rings. The van der Waals surface area contributed by atoms with Crippen LogP contribution in [0.5, 0.6) is 0 Å². The zero-order chi connectivity index (χ0) is 9.61. The van der Waals surface area contributed by atoms with Gasteiger partial charge in [-0.15, -0.1) is 0 Å². The lowest BCUT2D eigenvalue weighted by Gasteiger charge is -2.31. The number of esters is 1. The van der Waals surface area contributed by atoms with Crippen molar-refractivity contribution in [1.29, 1.82) is 0 Å². The van der Waals surface area contributed by atoms with Gasteiger partial charge in [-0.1, -0.05) is 0 Å². The standard InChI is InChI=1S/C9H20NO2.HI/c1-5-10(4,6-2)7-8-12-9(3)11;/h5-8H2,1-4H3;1H/q+1;/p-1. The van der Waals surface area contributed by atoms with Crippen molar-refractivity contribution in [3.05, 3.63) is 0 Å². The monoisotopic (exact) mass is 301 g/mol. The van der Waals surface area contributed by atoms with Crippen molar-refractivity contribution in [2.24, 2.45) is 0 Å². The lowest BCUT2D eigenvalue weighted by Crippen LogP contribution is -3.00. The summed E-state index contributed by atoms with van der Waals surface area (Å²) in [6.45, 7) is 9.35. The SMILES string of the molecule is CC[N+](C)(CC)CCOC(C)=O.[I-]. The molecule has 0 bridgehead atoms. The van der Waals surface area contributed by atoms with E-state index in [0.29, 0.717) is 6.61 Å². The highest BCUT2D eigenvalue weighted by Crippen LogP contribution is 1.99. The molecule has 0 spiro atoms. The summed E-state index contributed by atoms with van der Waals surface area (Å²) >= 11 is 0. The maximum atomic E-state index is 10.5. The van der Waals surface area contributed by atoms with Gasteiger partial charge in [0, 0.05) is 6.92 Å². The quantitative estimate of drug-likeness (QED) is 0.335. The Hall–Kier alpha value is 0.160. The molecule has 0 heterocycles. The van der Waals surface area contributed by atoms with Gasteiger partial charge >= 0.3 is 5.97 Å². The second-order valence-corrected chi connectivity index (χ2v) is 3.32. The van der Waals surface area contributed by atoms with Crippen molar-refractivity contribution in [3.8, 4) is 0 Å². The van der Waals surface area contributed by atoms with Gasteiger partial charge in [-0.05, 0) is 13.8 Å². The van der Waals surface area contributed by atoms with Gasteiger partial charge in [-0.25, -0.2) is 0 Å². The number of hydrogen-bond donors (Lipinski definition) is 0. The summed E-state index contributed by atoms with van der Waals surface area (Å²) in [4.78, 5) is 10.5. The van der Waals surface area contributed by atoms with Crippen molar-refractivity contribution < 1.29 is 38.0 Å². The Labute approximate surface area is 98.0 Å². The van der Waals surface area contributed by atoms with E-state index in [1.807, 2.05) is 0 Å². The first-order chi connectivity index (χ1) is 5.54. The van der Waals surface area contributed by atoms with E-state index in [9.17, 15) is 4.79 Å². The van der Waals surface area contributed by atoms with Crippen LogP contribution in [0.15, 0.2) is 0 Å². The highest BCUT2D eigenvalue weighted by atomic mass is 127. The molecule has 0 atom stereocenters. The summed E-state index contributed by atoms with van der Waals surface area (Å²) in [7, 11) is 2.17. The van der Waals surface area contributed by atoms with Crippen LogP contribution in [-0.4, -0.2) is 43.7 Å². The first-order valence-corrected chi connectivity index (χ1v) is 4.51. The second-order valence-electron chi connectivity index (χ2n) is 3.32. The third-order valence-corrected chi connectivity index (χ3v) is 2.46. The number of ether oxygens (including phenoxy) is 1. The number of carbonyl (C=O) groups excluding carboxylic acids is 1. The highest BCUT2D eigenvalue weighted by Gasteiger charge is 2.15. The van der Waals surface area contributed by atoms with Gasteiger partial charge in [0.1, 0.15) is 13.2 Å². The van der Waals surface area contributed by atoms with Crippen molar-refractivity contribution in [2.45, 2.75) is 20.8 Å². The Bertz CT molecular complexity index is 147. The van der Waals surface area contributed by atoms with Crippen molar-refractivity contribution in [1.82, 2.24) is 0 Å². The zero-order valence-electron chi connectivity index (χ0n) is 8.97. The van der Waals surface area contributed by atoms with E-state index >= 15 is 0 Å². The molecule has 0 aliphatic heterocycles. The molecule has 0 N–H and O–H groups in total. The molecule has 0 aromatic rings. The Kier molecular flexibility index (Phi) is 9.08. The van der Waals surface area contributed by atoms with Crippen LogP contribution >= 0.6 is 0 Å². The van der Waals surface area contributed by atoms with Crippen LogP contribution in [0.2, 0.25) is 0 Å². The fraction of sp³-hybridized carbons (Fsp3) is 0.889. The molecule has 0 unspecified atom stereocenters. The molecule has 0 amide bonds. The first-order valence-electron chi connectivity index (χ1n) is 4.51. The molecular weight excluding hydrogens is 281 g/mol. The first kappa shape index (κ1) is 15.6. The fourth-order valence-corrected chi connectivity index (χ4v) is 0.950. The third kappa shape index (κ3) is 7.25. The molecule has 0 radical (unpaired) electrons. The largest absolute Gasteiger partial charge is 1.00 e. The Balaban J connectivity index is 0. The lowest BCUT2D eigenvalue weighted by atomic mass is 10.4. The number of hydrogen-bond acceptors (Lipinski definition) is 2. The highest BCUT2D eigenvalue weighted by molar-refractivity contribution is 5.65. The molecule has 0 rings (SSSR count). The minimum atomic E-state index is -0.186. The summed E-state index contributed by atoms with van der Waals surface area (Å²) in [5, 5.41) is 0. The van der Waals surface area contributed by atoms with Crippen LogP contribution in [0, 0.1) is 0 Å². The number of nitrogens with zero attached hydrogens (tertiary/aromatic N) is 1. The topological polar surface area (TPSA) is 26.3 Å². The van der Waals surface area contributed by atoms with E-state index < -0.39 is 0 Å². The molecule has 0 saturated carbocycles. The van der Waals surface area contributed by atoms with E-state index in [2.05, 4.69) is 20.9 Å². The van der Waals surface area contributed by atoms with Crippen molar-refractivity contribution in [2.75, 3.05) is 33.3 Å². The van der Waals surface area contributed by atoms with Crippen LogP contribution in [-0.2, 0) is 9.53 Å². The van der Waals surface area contributed by atoms with Crippen molar-refractivity contribution in [3.63, 3.8) is 0 Å².